The number of nitrogens with zero attached hydrogens (tertiary/aromatic N) is 3. The summed E-state index contributed by atoms with van der Waals surface area (Å²) >= 11 is 7.83. The summed E-state index contributed by atoms with van der Waals surface area (Å²) in [6.45, 7) is 9.28. The third-order valence-electron chi connectivity index (χ3n) is 3.87. The first kappa shape index (κ1) is 15.3. The van der Waals surface area contributed by atoms with Crippen molar-refractivity contribution in [2.45, 2.75) is 27.7 Å². The summed E-state index contributed by atoms with van der Waals surface area (Å²) in [7, 11) is 0. The fraction of sp³-hybridized carbons (Fsp3) is 0.294. The smallest absolute Gasteiger partial charge is 0.225 e. The average Bonchev–Trinajstić information content (AvgIpc) is 2.74. The predicted molar refractivity (Wildman–Crippen MR) is 95.8 cm³/mol. The zero-order chi connectivity index (χ0) is 15.9. The minimum atomic E-state index is 0.301. The Morgan fingerprint density at radius 2 is 1.95 bits per heavy atom. The van der Waals surface area contributed by atoms with Gasteiger partial charge in [0.15, 0.2) is 0 Å². The second-order valence-electron chi connectivity index (χ2n) is 5.36. The van der Waals surface area contributed by atoms with E-state index in [0.717, 1.165) is 28.3 Å². The summed E-state index contributed by atoms with van der Waals surface area (Å²) in [5.41, 5.74) is 3.59. The van der Waals surface area contributed by atoms with Gasteiger partial charge in [-0.3, -0.25) is 0 Å². The van der Waals surface area contributed by atoms with E-state index in [4.69, 9.17) is 11.6 Å². The van der Waals surface area contributed by atoms with Crippen LogP contribution < -0.4 is 4.90 Å². The minimum Gasteiger partial charge on any atom is -0.326 e. The monoisotopic (exact) mass is 331 g/mol. The van der Waals surface area contributed by atoms with E-state index >= 15 is 0 Å². The zero-order valence-electron chi connectivity index (χ0n) is 13.1. The van der Waals surface area contributed by atoms with Crippen LogP contribution in [0.1, 0.15) is 22.9 Å². The highest BCUT2D eigenvalue weighted by atomic mass is 35.5. The Bertz CT molecular complexity index is 841. The first-order valence-electron chi connectivity index (χ1n) is 7.28. The number of thiophene rings is 1. The maximum Gasteiger partial charge on any atom is 0.225 e. The highest BCUT2D eigenvalue weighted by molar-refractivity contribution is 7.18. The number of halogens is 1. The largest absolute Gasteiger partial charge is 0.326 e. The SMILES string of the molecule is CCN(c1cccc(C)c1)c1nc(Cl)nc2sc(C)c(C)c12. The van der Waals surface area contributed by atoms with Gasteiger partial charge in [0.05, 0.1) is 5.39 Å². The van der Waals surface area contributed by atoms with Gasteiger partial charge in [-0.1, -0.05) is 12.1 Å². The van der Waals surface area contributed by atoms with Crippen molar-refractivity contribution in [3.63, 3.8) is 0 Å². The molecule has 0 aliphatic carbocycles. The fourth-order valence-electron chi connectivity index (χ4n) is 2.65. The Morgan fingerprint density at radius 1 is 1.18 bits per heavy atom. The zero-order valence-corrected chi connectivity index (χ0v) is 14.7. The van der Waals surface area contributed by atoms with E-state index in [9.17, 15) is 0 Å². The lowest BCUT2D eigenvalue weighted by Crippen LogP contribution is -2.18. The molecule has 0 unspecified atom stereocenters. The Morgan fingerprint density at radius 3 is 2.64 bits per heavy atom. The maximum atomic E-state index is 6.16. The molecule has 0 saturated carbocycles. The molecule has 3 nitrogen and oxygen atoms in total. The lowest BCUT2D eigenvalue weighted by atomic mass is 10.1. The molecule has 0 spiro atoms. The van der Waals surface area contributed by atoms with Crippen LogP contribution in [0, 0.1) is 20.8 Å². The molecule has 2 heterocycles. The van der Waals surface area contributed by atoms with Crippen molar-refractivity contribution < 1.29 is 0 Å². The summed E-state index contributed by atoms with van der Waals surface area (Å²) in [4.78, 5) is 13.3. The summed E-state index contributed by atoms with van der Waals surface area (Å²) < 4.78 is 0. The number of benzene rings is 1. The lowest BCUT2D eigenvalue weighted by Gasteiger charge is -2.23. The number of rotatable bonds is 3. The van der Waals surface area contributed by atoms with Crippen LogP contribution in [-0.2, 0) is 0 Å². The van der Waals surface area contributed by atoms with Crippen molar-refractivity contribution in [3.05, 3.63) is 45.6 Å². The second kappa shape index (κ2) is 5.86. The average molecular weight is 332 g/mol. The van der Waals surface area contributed by atoms with Gasteiger partial charge < -0.3 is 4.90 Å². The minimum absolute atomic E-state index is 0.301. The van der Waals surface area contributed by atoms with Crippen LogP contribution in [0.2, 0.25) is 5.28 Å². The molecular formula is C17H18ClN3S. The van der Waals surface area contributed by atoms with Crippen LogP contribution in [0.5, 0.6) is 0 Å². The first-order valence-corrected chi connectivity index (χ1v) is 8.48. The van der Waals surface area contributed by atoms with Gasteiger partial charge in [0.2, 0.25) is 5.28 Å². The van der Waals surface area contributed by atoms with Gasteiger partial charge >= 0.3 is 0 Å². The molecule has 0 bridgehead atoms. The van der Waals surface area contributed by atoms with E-state index in [0.29, 0.717) is 5.28 Å². The van der Waals surface area contributed by atoms with Crippen LogP contribution in [0.15, 0.2) is 24.3 Å². The van der Waals surface area contributed by atoms with Gasteiger partial charge in [-0.25, -0.2) is 4.98 Å². The van der Waals surface area contributed by atoms with Crippen molar-refractivity contribution >= 4 is 44.7 Å². The van der Waals surface area contributed by atoms with E-state index in [1.54, 1.807) is 11.3 Å². The molecule has 0 radical (unpaired) electrons. The van der Waals surface area contributed by atoms with Crippen LogP contribution in [0.3, 0.4) is 0 Å². The van der Waals surface area contributed by atoms with Crippen LogP contribution in [-0.4, -0.2) is 16.5 Å². The first-order chi connectivity index (χ1) is 10.5. The Kier molecular flexibility index (Phi) is 4.06. The molecule has 22 heavy (non-hydrogen) atoms. The van der Waals surface area contributed by atoms with Gasteiger partial charge in [-0.15, -0.1) is 11.3 Å². The van der Waals surface area contributed by atoms with Gasteiger partial charge in [0.25, 0.3) is 0 Å². The van der Waals surface area contributed by atoms with Gasteiger partial charge in [-0.2, -0.15) is 4.98 Å². The van der Waals surface area contributed by atoms with Crippen molar-refractivity contribution in [1.82, 2.24) is 9.97 Å². The summed E-state index contributed by atoms with van der Waals surface area (Å²) in [5.74, 6) is 0.893. The molecule has 0 fully saturated rings. The number of anilines is 2. The number of hydrogen-bond acceptors (Lipinski definition) is 4. The number of fused-ring (bicyclic) bond motifs is 1. The quantitative estimate of drug-likeness (QED) is 0.599. The van der Waals surface area contributed by atoms with Gasteiger partial charge in [0.1, 0.15) is 10.6 Å². The molecule has 0 N–H and O–H groups in total. The molecule has 5 heteroatoms. The van der Waals surface area contributed by atoms with E-state index < -0.39 is 0 Å². The Labute approximate surface area is 139 Å². The third kappa shape index (κ3) is 2.57. The summed E-state index contributed by atoms with van der Waals surface area (Å²) in [6, 6.07) is 8.44. The standard InChI is InChI=1S/C17H18ClN3S/c1-5-21(13-8-6-7-10(2)9-13)15-14-11(3)12(4)22-16(14)20-17(18)19-15/h6-9H,5H2,1-4H3. The number of aromatic nitrogens is 2. The molecule has 0 atom stereocenters. The topological polar surface area (TPSA) is 29.0 Å². The molecule has 0 amide bonds. The summed E-state index contributed by atoms with van der Waals surface area (Å²) in [5, 5.41) is 1.41. The number of aryl methyl sites for hydroxylation is 3. The van der Waals surface area contributed by atoms with Gasteiger partial charge in [0, 0.05) is 17.1 Å². The van der Waals surface area contributed by atoms with E-state index in [2.05, 4.69) is 66.8 Å². The van der Waals surface area contributed by atoms with Crippen LogP contribution >= 0.6 is 22.9 Å². The molecule has 3 rings (SSSR count). The fourth-order valence-corrected chi connectivity index (χ4v) is 3.89. The highest BCUT2D eigenvalue weighted by Gasteiger charge is 2.19. The molecule has 0 aliphatic heterocycles. The predicted octanol–water partition coefficient (Wildman–Crippen LogP) is 5.43. The normalized spacial score (nSPS) is 11.1. The van der Waals surface area contributed by atoms with Gasteiger partial charge in [-0.05, 0) is 62.6 Å². The molecule has 114 valence electrons. The lowest BCUT2D eigenvalue weighted by molar-refractivity contribution is 0.989. The molecular weight excluding hydrogens is 314 g/mol. The summed E-state index contributed by atoms with van der Waals surface area (Å²) in [6.07, 6.45) is 0. The maximum absolute atomic E-state index is 6.16. The molecule has 0 saturated heterocycles. The van der Waals surface area contributed by atoms with Crippen LogP contribution in [0.4, 0.5) is 11.5 Å². The van der Waals surface area contributed by atoms with Crippen LogP contribution in [0.25, 0.3) is 10.2 Å². The third-order valence-corrected chi connectivity index (χ3v) is 5.14. The Hall–Kier alpha value is -1.65. The van der Waals surface area contributed by atoms with Crippen molar-refractivity contribution in [1.29, 1.82) is 0 Å². The molecule has 3 aromatic rings. The van der Waals surface area contributed by atoms with Crippen molar-refractivity contribution in [2.24, 2.45) is 0 Å². The second-order valence-corrected chi connectivity index (χ2v) is 6.90. The van der Waals surface area contributed by atoms with E-state index in [1.165, 1.54) is 16.0 Å². The van der Waals surface area contributed by atoms with E-state index in [1.807, 2.05) is 0 Å². The number of hydrogen-bond donors (Lipinski definition) is 0. The molecule has 1 aromatic carbocycles. The van der Waals surface area contributed by atoms with E-state index in [-0.39, 0.29) is 0 Å². The van der Waals surface area contributed by atoms with Crippen molar-refractivity contribution in [2.75, 3.05) is 11.4 Å². The highest BCUT2D eigenvalue weighted by Crippen LogP contribution is 2.38. The molecule has 2 aromatic heterocycles. The van der Waals surface area contributed by atoms with Crippen molar-refractivity contribution in [3.8, 4) is 0 Å². The molecule has 0 aliphatic rings. The Balaban J connectivity index is 2.27.